The molecule has 1 atom stereocenters. The molecule has 0 saturated carbocycles. The van der Waals surface area contributed by atoms with Crippen LogP contribution >= 0.6 is 0 Å². The molecule has 1 saturated heterocycles. The van der Waals surface area contributed by atoms with Crippen LogP contribution in [-0.4, -0.2) is 53.7 Å². The Morgan fingerprint density at radius 3 is 2.57 bits per heavy atom. The molecule has 0 spiro atoms. The van der Waals surface area contributed by atoms with Gasteiger partial charge in [-0.15, -0.1) is 0 Å². The molecule has 2 aromatic heterocycles. The van der Waals surface area contributed by atoms with Crippen molar-refractivity contribution in [3.05, 3.63) is 66.3 Å². The van der Waals surface area contributed by atoms with Gasteiger partial charge in [0.1, 0.15) is 5.65 Å². The first kappa shape index (κ1) is 19.1. The molecule has 3 aromatic rings. The standard InChI is InChI=1S/C25H29N5/c1-19-17-26-10-3-4-23(19)24-18-27-25-16-21(9-11-30(24)25)20-5-7-22(8-6-20)29-14-12-28(2)13-15-29/h5-11,16-18,23H,3-4,12-15H2,1-2H3. The lowest BCUT2D eigenvalue weighted by Crippen LogP contribution is -2.44. The number of pyridine rings is 1. The normalized spacial score (nSPS) is 20.4. The van der Waals surface area contributed by atoms with E-state index in [2.05, 4.69) is 75.8 Å². The number of anilines is 1. The van der Waals surface area contributed by atoms with Gasteiger partial charge in [-0.2, -0.15) is 0 Å². The van der Waals surface area contributed by atoms with E-state index in [9.17, 15) is 0 Å². The van der Waals surface area contributed by atoms with Crippen LogP contribution in [-0.2, 0) is 0 Å². The fourth-order valence-electron chi connectivity index (χ4n) is 4.55. The largest absolute Gasteiger partial charge is 0.369 e. The quantitative estimate of drug-likeness (QED) is 0.646. The number of fused-ring (bicyclic) bond motifs is 1. The van der Waals surface area contributed by atoms with Gasteiger partial charge < -0.3 is 14.2 Å². The van der Waals surface area contributed by atoms with Crippen LogP contribution in [0.15, 0.2) is 65.6 Å². The second-order valence-electron chi connectivity index (χ2n) is 8.50. The Kier molecular flexibility index (Phi) is 5.13. The van der Waals surface area contributed by atoms with Crippen molar-refractivity contribution in [3.63, 3.8) is 0 Å². The number of imidazole rings is 1. The van der Waals surface area contributed by atoms with E-state index in [4.69, 9.17) is 4.98 Å². The summed E-state index contributed by atoms with van der Waals surface area (Å²) in [4.78, 5) is 14.0. The van der Waals surface area contributed by atoms with E-state index in [1.54, 1.807) is 0 Å². The molecule has 4 heterocycles. The Bertz CT molecular complexity index is 1080. The molecule has 1 unspecified atom stereocenters. The monoisotopic (exact) mass is 399 g/mol. The molecule has 1 aromatic carbocycles. The van der Waals surface area contributed by atoms with E-state index < -0.39 is 0 Å². The molecule has 0 aliphatic carbocycles. The van der Waals surface area contributed by atoms with Crippen molar-refractivity contribution < 1.29 is 0 Å². The predicted molar refractivity (Wildman–Crippen MR) is 125 cm³/mol. The van der Waals surface area contributed by atoms with E-state index >= 15 is 0 Å². The molecule has 30 heavy (non-hydrogen) atoms. The van der Waals surface area contributed by atoms with Gasteiger partial charge >= 0.3 is 0 Å². The lowest BCUT2D eigenvalue weighted by atomic mass is 9.93. The van der Waals surface area contributed by atoms with Crippen LogP contribution in [0.3, 0.4) is 0 Å². The highest BCUT2D eigenvalue weighted by Gasteiger charge is 2.19. The molecule has 0 N–H and O–H groups in total. The van der Waals surface area contributed by atoms with Gasteiger partial charge in [0.2, 0.25) is 0 Å². The SMILES string of the molecule is CC1=CN=CCCC1c1cnc2cc(-c3ccc(N4CCN(C)CC4)cc3)ccn12. The van der Waals surface area contributed by atoms with Gasteiger partial charge in [-0.25, -0.2) is 4.98 Å². The molecule has 0 radical (unpaired) electrons. The maximum absolute atomic E-state index is 4.73. The zero-order chi connectivity index (χ0) is 20.5. The molecule has 154 valence electrons. The number of allylic oxidation sites excluding steroid dienone is 1. The molecular formula is C25H29N5. The van der Waals surface area contributed by atoms with Crippen molar-refractivity contribution in [2.75, 3.05) is 38.1 Å². The van der Waals surface area contributed by atoms with Crippen molar-refractivity contribution in [1.82, 2.24) is 14.3 Å². The molecule has 5 rings (SSSR count). The summed E-state index contributed by atoms with van der Waals surface area (Å²) in [6.07, 6.45) is 10.3. The van der Waals surface area contributed by atoms with Crippen molar-refractivity contribution in [1.29, 1.82) is 0 Å². The van der Waals surface area contributed by atoms with Crippen LogP contribution in [0.2, 0.25) is 0 Å². The summed E-state index contributed by atoms with van der Waals surface area (Å²) in [6.45, 7) is 6.62. The summed E-state index contributed by atoms with van der Waals surface area (Å²) in [7, 11) is 2.19. The van der Waals surface area contributed by atoms with Crippen LogP contribution in [0.5, 0.6) is 0 Å². The number of piperazine rings is 1. The van der Waals surface area contributed by atoms with E-state index in [1.807, 2.05) is 18.6 Å². The molecule has 2 aliphatic rings. The van der Waals surface area contributed by atoms with Gasteiger partial charge in [0.15, 0.2) is 0 Å². The summed E-state index contributed by atoms with van der Waals surface area (Å²) in [6, 6.07) is 13.4. The van der Waals surface area contributed by atoms with Gasteiger partial charge in [-0.05, 0) is 67.8 Å². The first-order valence-corrected chi connectivity index (χ1v) is 10.9. The first-order valence-electron chi connectivity index (χ1n) is 10.9. The number of rotatable bonds is 3. The molecular weight excluding hydrogens is 370 g/mol. The Balaban J connectivity index is 1.39. The average molecular weight is 400 g/mol. The van der Waals surface area contributed by atoms with Crippen LogP contribution in [0.25, 0.3) is 16.8 Å². The molecule has 1 fully saturated rings. The van der Waals surface area contributed by atoms with Gasteiger partial charge in [0.25, 0.3) is 0 Å². The van der Waals surface area contributed by atoms with Crippen LogP contribution in [0.4, 0.5) is 5.69 Å². The summed E-state index contributed by atoms with van der Waals surface area (Å²) in [5, 5.41) is 0. The number of benzene rings is 1. The number of aliphatic imine (C=N–C) groups is 1. The van der Waals surface area contributed by atoms with E-state index in [1.165, 1.54) is 28.1 Å². The topological polar surface area (TPSA) is 36.1 Å². The molecule has 0 bridgehead atoms. The van der Waals surface area contributed by atoms with Gasteiger partial charge in [0.05, 0.1) is 0 Å². The fraction of sp³-hybridized carbons (Fsp3) is 0.360. The van der Waals surface area contributed by atoms with E-state index in [0.29, 0.717) is 5.92 Å². The molecule has 5 nitrogen and oxygen atoms in total. The second kappa shape index (κ2) is 8.07. The minimum atomic E-state index is 0.372. The van der Waals surface area contributed by atoms with Crippen LogP contribution in [0.1, 0.15) is 31.4 Å². The van der Waals surface area contributed by atoms with Gasteiger partial charge in [-0.3, -0.25) is 4.99 Å². The minimum Gasteiger partial charge on any atom is -0.369 e. The van der Waals surface area contributed by atoms with E-state index in [-0.39, 0.29) is 0 Å². The highest BCUT2D eigenvalue weighted by Crippen LogP contribution is 2.32. The third-order valence-corrected chi connectivity index (χ3v) is 6.49. The third-order valence-electron chi connectivity index (χ3n) is 6.49. The number of nitrogens with zero attached hydrogens (tertiary/aromatic N) is 5. The first-order chi connectivity index (χ1) is 14.7. The number of hydrogen-bond donors (Lipinski definition) is 0. The number of aromatic nitrogens is 2. The fourth-order valence-corrected chi connectivity index (χ4v) is 4.55. The Morgan fingerprint density at radius 1 is 0.967 bits per heavy atom. The van der Waals surface area contributed by atoms with Crippen molar-refractivity contribution in [2.24, 2.45) is 4.99 Å². The highest BCUT2D eigenvalue weighted by atomic mass is 15.2. The summed E-state index contributed by atoms with van der Waals surface area (Å²) < 4.78 is 2.23. The number of hydrogen-bond acceptors (Lipinski definition) is 4. The van der Waals surface area contributed by atoms with Crippen molar-refractivity contribution >= 4 is 17.5 Å². The highest BCUT2D eigenvalue weighted by molar-refractivity contribution is 5.70. The Morgan fingerprint density at radius 2 is 1.77 bits per heavy atom. The average Bonchev–Trinajstić information content (AvgIpc) is 3.08. The maximum Gasteiger partial charge on any atom is 0.137 e. The zero-order valence-corrected chi connectivity index (χ0v) is 17.8. The summed E-state index contributed by atoms with van der Waals surface area (Å²) >= 11 is 0. The predicted octanol–water partition coefficient (Wildman–Crippen LogP) is 4.61. The smallest absolute Gasteiger partial charge is 0.137 e. The summed E-state index contributed by atoms with van der Waals surface area (Å²) in [5.41, 5.74) is 7.31. The third kappa shape index (κ3) is 3.65. The van der Waals surface area contributed by atoms with Crippen LogP contribution < -0.4 is 4.90 Å². The summed E-state index contributed by atoms with van der Waals surface area (Å²) in [5.74, 6) is 0.372. The Labute approximate surface area is 178 Å². The molecule has 5 heteroatoms. The number of likely N-dealkylation sites (N-methyl/N-ethyl adjacent to an activating group) is 1. The maximum atomic E-state index is 4.73. The van der Waals surface area contributed by atoms with Crippen molar-refractivity contribution in [2.45, 2.75) is 25.7 Å². The minimum absolute atomic E-state index is 0.372. The lowest BCUT2D eigenvalue weighted by molar-refractivity contribution is 0.313. The van der Waals surface area contributed by atoms with Crippen molar-refractivity contribution in [3.8, 4) is 11.1 Å². The second-order valence-corrected chi connectivity index (χ2v) is 8.50. The lowest BCUT2D eigenvalue weighted by Gasteiger charge is -2.34. The Hall–Kier alpha value is -2.92. The molecule has 0 amide bonds. The van der Waals surface area contributed by atoms with E-state index in [0.717, 1.165) is 44.7 Å². The van der Waals surface area contributed by atoms with Gasteiger partial charge in [-0.1, -0.05) is 12.1 Å². The van der Waals surface area contributed by atoms with Gasteiger partial charge in [0, 0.05) is 68.3 Å². The molecule has 2 aliphatic heterocycles. The van der Waals surface area contributed by atoms with Crippen LogP contribution in [0, 0.1) is 0 Å². The zero-order valence-electron chi connectivity index (χ0n) is 17.8.